The molecule has 2 saturated heterocycles. The van der Waals surface area contributed by atoms with E-state index in [9.17, 15) is 0 Å². The molecule has 0 aliphatic carbocycles. The van der Waals surface area contributed by atoms with Crippen molar-refractivity contribution in [1.29, 1.82) is 0 Å². The van der Waals surface area contributed by atoms with E-state index >= 15 is 0 Å². The molecule has 0 radical (unpaired) electrons. The molecule has 3 nitrogen and oxygen atoms in total. The highest BCUT2D eigenvalue weighted by Gasteiger charge is 2.36. The molecule has 2 heterocycles. The second-order valence-corrected chi connectivity index (χ2v) is 6.54. The smallest absolute Gasteiger partial charge is 0.0622 e. The van der Waals surface area contributed by atoms with Gasteiger partial charge in [0.15, 0.2) is 0 Å². The fourth-order valence-corrected chi connectivity index (χ4v) is 3.64. The Bertz CT molecular complexity index is 430. The van der Waals surface area contributed by atoms with Crippen LogP contribution >= 0.6 is 0 Å². The predicted molar refractivity (Wildman–Crippen MR) is 86.4 cm³/mol. The number of ether oxygens (including phenoxy) is 1. The van der Waals surface area contributed by atoms with Crippen molar-refractivity contribution in [2.75, 3.05) is 26.3 Å². The number of nitrogens with one attached hydrogen (secondary N) is 1. The number of hydrogen-bond donors (Lipinski definition) is 1. The summed E-state index contributed by atoms with van der Waals surface area (Å²) in [5, 5.41) is 3.79. The Morgan fingerprint density at radius 1 is 1.33 bits per heavy atom. The molecule has 0 amide bonds. The van der Waals surface area contributed by atoms with Gasteiger partial charge < -0.3 is 10.1 Å². The first-order valence-electron chi connectivity index (χ1n) is 8.41. The van der Waals surface area contributed by atoms with Crippen molar-refractivity contribution in [2.24, 2.45) is 5.92 Å². The van der Waals surface area contributed by atoms with Crippen molar-refractivity contribution in [1.82, 2.24) is 10.2 Å². The van der Waals surface area contributed by atoms with Gasteiger partial charge in [-0.1, -0.05) is 50.6 Å². The Morgan fingerprint density at radius 3 is 2.81 bits per heavy atom. The molecule has 4 unspecified atom stereocenters. The van der Waals surface area contributed by atoms with Crippen molar-refractivity contribution in [2.45, 2.75) is 44.8 Å². The molecule has 21 heavy (non-hydrogen) atoms. The maximum Gasteiger partial charge on any atom is 0.0622 e. The van der Waals surface area contributed by atoms with Crippen LogP contribution in [0.15, 0.2) is 30.3 Å². The van der Waals surface area contributed by atoms with Crippen molar-refractivity contribution < 1.29 is 4.74 Å². The number of hydrogen-bond acceptors (Lipinski definition) is 3. The van der Waals surface area contributed by atoms with E-state index in [4.69, 9.17) is 4.74 Å². The predicted octanol–water partition coefficient (Wildman–Crippen LogP) is 2.84. The molecule has 0 bridgehead atoms. The molecule has 3 rings (SSSR count). The van der Waals surface area contributed by atoms with Gasteiger partial charge in [0, 0.05) is 37.8 Å². The van der Waals surface area contributed by atoms with Crippen LogP contribution in [0.5, 0.6) is 0 Å². The van der Waals surface area contributed by atoms with Gasteiger partial charge >= 0.3 is 0 Å². The molecule has 0 saturated carbocycles. The molecule has 2 fully saturated rings. The third-order valence-corrected chi connectivity index (χ3v) is 5.27. The zero-order valence-electron chi connectivity index (χ0n) is 13.3. The molecule has 0 aromatic heterocycles. The summed E-state index contributed by atoms with van der Waals surface area (Å²) in [5.41, 5.74) is 1.43. The fraction of sp³-hybridized carbons (Fsp3) is 0.667. The van der Waals surface area contributed by atoms with Crippen molar-refractivity contribution in [3.8, 4) is 0 Å². The third-order valence-electron chi connectivity index (χ3n) is 5.27. The second-order valence-electron chi connectivity index (χ2n) is 6.54. The van der Waals surface area contributed by atoms with E-state index < -0.39 is 0 Å². The molecule has 1 aromatic rings. The fourth-order valence-electron chi connectivity index (χ4n) is 3.64. The van der Waals surface area contributed by atoms with Gasteiger partial charge in [-0.25, -0.2) is 0 Å². The monoisotopic (exact) mass is 288 g/mol. The van der Waals surface area contributed by atoms with Crippen LogP contribution in [0.4, 0.5) is 0 Å². The number of nitrogens with zero attached hydrogens (tertiary/aromatic N) is 1. The number of rotatable bonds is 4. The molecule has 4 atom stereocenters. The molecule has 3 heteroatoms. The first-order valence-corrected chi connectivity index (χ1v) is 8.41. The highest BCUT2D eigenvalue weighted by Crippen LogP contribution is 2.30. The molecule has 2 aliphatic rings. The van der Waals surface area contributed by atoms with E-state index in [0.717, 1.165) is 32.2 Å². The quantitative estimate of drug-likeness (QED) is 0.922. The molecular formula is C18H28N2O. The van der Waals surface area contributed by atoms with Crippen molar-refractivity contribution >= 4 is 0 Å². The van der Waals surface area contributed by atoms with Crippen molar-refractivity contribution in [3.63, 3.8) is 0 Å². The van der Waals surface area contributed by atoms with Gasteiger partial charge in [-0.2, -0.15) is 0 Å². The lowest BCUT2D eigenvalue weighted by molar-refractivity contribution is 0.0571. The standard InChI is InChI=1S/C18H28N2O/c1-3-14(2)17-12-20(16-9-10-21-13-16)18(11-19-17)15-7-5-4-6-8-15/h4-8,14,16-19H,3,9-13H2,1-2H3. The van der Waals surface area contributed by atoms with Crippen LogP contribution in [-0.4, -0.2) is 43.3 Å². The number of benzene rings is 1. The van der Waals surface area contributed by atoms with Crippen LogP contribution in [0.25, 0.3) is 0 Å². The van der Waals surface area contributed by atoms with Gasteiger partial charge in [-0.15, -0.1) is 0 Å². The van der Waals surface area contributed by atoms with Gasteiger partial charge in [-0.05, 0) is 17.9 Å². The van der Waals surface area contributed by atoms with E-state index in [1.165, 1.54) is 18.4 Å². The average Bonchev–Trinajstić information content (AvgIpc) is 3.09. The first-order chi connectivity index (χ1) is 10.3. The molecule has 2 aliphatic heterocycles. The second kappa shape index (κ2) is 6.91. The maximum atomic E-state index is 5.65. The summed E-state index contributed by atoms with van der Waals surface area (Å²) in [7, 11) is 0. The highest BCUT2D eigenvalue weighted by molar-refractivity contribution is 5.21. The normalized spacial score (nSPS) is 32.2. The van der Waals surface area contributed by atoms with E-state index in [0.29, 0.717) is 18.1 Å². The zero-order chi connectivity index (χ0) is 14.7. The lowest BCUT2D eigenvalue weighted by Crippen LogP contribution is -2.57. The van der Waals surface area contributed by atoms with Crippen LogP contribution in [0, 0.1) is 5.92 Å². The summed E-state index contributed by atoms with van der Waals surface area (Å²) in [5.74, 6) is 0.728. The lowest BCUT2D eigenvalue weighted by Gasteiger charge is -2.45. The lowest BCUT2D eigenvalue weighted by atomic mass is 9.92. The first kappa shape index (κ1) is 15.0. The van der Waals surface area contributed by atoms with Crippen LogP contribution in [0.2, 0.25) is 0 Å². The average molecular weight is 288 g/mol. The van der Waals surface area contributed by atoms with Gasteiger partial charge in [0.1, 0.15) is 0 Å². The Labute approximate surface area is 128 Å². The summed E-state index contributed by atoms with van der Waals surface area (Å²) in [6.07, 6.45) is 2.42. The van der Waals surface area contributed by atoms with Gasteiger partial charge in [0.2, 0.25) is 0 Å². The van der Waals surface area contributed by atoms with Gasteiger partial charge in [0.05, 0.1) is 6.61 Å². The minimum Gasteiger partial charge on any atom is -0.380 e. The molecule has 0 spiro atoms. The SMILES string of the molecule is CCC(C)C1CN(C2CCOC2)C(c2ccccc2)CN1. The largest absolute Gasteiger partial charge is 0.380 e. The third kappa shape index (κ3) is 3.31. The molecule has 1 aromatic carbocycles. The maximum absolute atomic E-state index is 5.65. The zero-order valence-corrected chi connectivity index (χ0v) is 13.3. The van der Waals surface area contributed by atoms with Crippen LogP contribution < -0.4 is 5.32 Å². The summed E-state index contributed by atoms with van der Waals surface area (Å²) >= 11 is 0. The minimum absolute atomic E-state index is 0.484. The Morgan fingerprint density at radius 2 is 2.14 bits per heavy atom. The van der Waals surface area contributed by atoms with Crippen LogP contribution in [0.3, 0.4) is 0 Å². The summed E-state index contributed by atoms with van der Waals surface area (Å²) in [6, 6.07) is 12.6. The van der Waals surface area contributed by atoms with Crippen molar-refractivity contribution in [3.05, 3.63) is 35.9 Å². The molecule has 1 N–H and O–H groups in total. The topological polar surface area (TPSA) is 24.5 Å². The van der Waals surface area contributed by atoms with Gasteiger partial charge in [0.25, 0.3) is 0 Å². The Kier molecular flexibility index (Phi) is 4.94. The summed E-state index contributed by atoms with van der Waals surface area (Å²) in [4.78, 5) is 2.70. The number of piperazine rings is 1. The van der Waals surface area contributed by atoms with Crippen LogP contribution in [0.1, 0.15) is 38.3 Å². The van der Waals surface area contributed by atoms with Crippen LogP contribution in [-0.2, 0) is 4.74 Å². The summed E-state index contributed by atoms with van der Waals surface area (Å²) in [6.45, 7) is 8.67. The summed E-state index contributed by atoms with van der Waals surface area (Å²) < 4.78 is 5.65. The molecular weight excluding hydrogens is 260 g/mol. The van der Waals surface area contributed by atoms with E-state index in [2.05, 4.69) is 54.4 Å². The Balaban J connectivity index is 1.79. The van der Waals surface area contributed by atoms with E-state index in [1.807, 2.05) is 0 Å². The highest BCUT2D eigenvalue weighted by atomic mass is 16.5. The Hall–Kier alpha value is -0.900. The minimum atomic E-state index is 0.484. The van der Waals surface area contributed by atoms with E-state index in [-0.39, 0.29) is 0 Å². The molecule has 116 valence electrons. The van der Waals surface area contributed by atoms with E-state index in [1.54, 1.807) is 0 Å². The van der Waals surface area contributed by atoms with Gasteiger partial charge in [-0.3, -0.25) is 4.90 Å².